The summed E-state index contributed by atoms with van der Waals surface area (Å²) in [4.78, 5) is 2.98. The lowest BCUT2D eigenvalue weighted by Gasteiger charge is -2.11. The number of benzene rings is 2. The molecule has 3 rings (SSSR count). The van der Waals surface area contributed by atoms with Crippen LogP contribution in [0.5, 0.6) is 0 Å². The molecule has 2 N–H and O–H groups in total. The molecule has 1 heterocycles. The van der Waals surface area contributed by atoms with Crippen molar-refractivity contribution in [2.24, 2.45) is 0 Å². The molecule has 0 saturated heterocycles. The van der Waals surface area contributed by atoms with E-state index in [4.69, 9.17) is 0 Å². The molecule has 126 valence electrons. The number of rotatable bonds is 4. The van der Waals surface area contributed by atoms with E-state index in [1.165, 1.54) is 6.07 Å². The third-order valence-electron chi connectivity index (χ3n) is 3.72. The molecule has 0 fully saturated rings. The maximum atomic E-state index is 13.8. The quantitative estimate of drug-likeness (QED) is 0.685. The van der Waals surface area contributed by atoms with Crippen molar-refractivity contribution in [3.8, 4) is 11.1 Å². The van der Waals surface area contributed by atoms with Gasteiger partial charge in [0.2, 0.25) is 0 Å². The first-order chi connectivity index (χ1) is 11.3. The number of halogens is 2. The van der Waals surface area contributed by atoms with Crippen molar-refractivity contribution in [3.05, 3.63) is 58.4 Å². The third-order valence-corrected chi connectivity index (χ3v) is 5.25. The minimum Gasteiger partial charge on any atom is -0.386 e. The first kappa shape index (κ1) is 17.1. The molecule has 1 aromatic heterocycles. The fraction of sp³-hybridized carbons (Fsp3) is 0.176. The molecule has 3 aromatic rings. The first-order valence-electron chi connectivity index (χ1n) is 7.18. The Morgan fingerprint density at radius 2 is 1.92 bits per heavy atom. The molecule has 0 aliphatic rings. The Bertz CT molecular complexity index is 1000. The summed E-state index contributed by atoms with van der Waals surface area (Å²) >= 11 is 3.17. The van der Waals surface area contributed by atoms with Gasteiger partial charge in [0, 0.05) is 22.7 Å². The second-order valence-electron chi connectivity index (χ2n) is 5.70. The Labute approximate surface area is 147 Å². The molecule has 0 bridgehead atoms. The number of nitrogens with one attached hydrogen (secondary N) is 1. The van der Waals surface area contributed by atoms with Gasteiger partial charge in [0.25, 0.3) is 0 Å². The fourth-order valence-electron chi connectivity index (χ4n) is 2.75. The van der Waals surface area contributed by atoms with Gasteiger partial charge in [0.05, 0.1) is 15.9 Å². The van der Waals surface area contributed by atoms with E-state index in [-0.39, 0.29) is 0 Å². The molecule has 0 radical (unpaired) electrons. The van der Waals surface area contributed by atoms with E-state index in [0.29, 0.717) is 26.6 Å². The lowest BCUT2D eigenvalue weighted by atomic mass is 10.00. The van der Waals surface area contributed by atoms with Gasteiger partial charge in [-0.2, -0.15) is 0 Å². The Hall–Kier alpha value is -1.70. The average Bonchev–Trinajstić information content (AvgIpc) is 2.85. The number of hydrogen-bond acceptors (Lipinski definition) is 3. The van der Waals surface area contributed by atoms with Crippen molar-refractivity contribution in [1.29, 1.82) is 0 Å². The van der Waals surface area contributed by atoms with Gasteiger partial charge in [-0.05, 0) is 33.6 Å². The minimum atomic E-state index is -3.38. The summed E-state index contributed by atoms with van der Waals surface area (Å²) in [6.07, 6.45) is -0.165. The van der Waals surface area contributed by atoms with Crippen LogP contribution in [0, 0.1) is 5.82 Å². The fourth-order valence-corrected chi connectivity index (χ4v) is 3.83. The van der Waals surface area contributed by atoms with Crippen LogP contribution in [0.3, 0.4) is 0 Å². The summed E-state index contributed by atoms with van der Waals surface area (Å²) in [6, 6.07) is 12.2. The number of aliphatic hydroxyl groups is 1. The molecule has 1 unspecified atom stereocenters. The summed E-state index contributed by atoms with van der Waals surface area (Å²) < 4.78 is 37.2. The van der Waals surface area contributed by atoms with Crippen molar-refractivity contribution in [3.63, 3.8) is 0 Å². The highest BCUT2D eigenvalue weighted by atomic mass is 79.9. The van der Waals surface area contributed by atoms with Crippen LogP contribution in [-0.4, -0.2) is 30.5 Å². The molecule has 0 saturated carbocycles. The number of fused-ring (bicyclic) bond motifs is 1. The van der Waals surface area contributed by atoms with Crippen molar-refractivity contribution in [1.82, 2.24) is 4.98 Å². The monoisotopic (exact) mass is 411 g/mol. The van der Waals surface area contributed by atoms with Crippen LogP contribution in [-0.2, 0) is 9.84 Å². The van der Waals surface area contributed by atoms with Gasteiger partial charge in [0.1, 0.15) is 21.8 Å². The molecule has 7 heteroatoms. The van der Waals surface area contributed by atoms with Gasteiger partial charge in [-0.3, -0.25) is 0 Å². The zero-order valence-corrected chi connectivity index (χ0v) is 15.2. The molecule has 24 heavy (non-hydrogen) atoms. The Balaban J connectivity index is 2.28. The maximum Gasteiger partial charge on any atom is 0.150 e. The lowest BCUT2D eigenvalue weighted by Crippen LogP contribution is -2.13. The Kier molecular flexibility index (Phi) is 4.50. The zero-order valence-electron chi connectivity index (χ0n) is 12.8. The van der Waals surface area contributed by atoms with Crippen LogP contribution in [0.25, 0.3) is 22.0 Å². The second-order valence-corrected chi connectivity index (χ2v) is 8.74. The summed E-state index contributed by atoms with van der Waals surface area (Å²) in [5.74, 6) is -0.851. The van der Waals surface area contributed by atoms with E-state index >= 15 is 0 Å². The predicted octanol–water partition coefficient (Wildman–Crippen LogP) is 3.81. The second kappa shape index (κ2) is 6.31. The molecule has 0 amide bonds. The highest BCUT2D eigenvalue weighted by molar-refractivity contribution is 9.10. The van der Waals surface area contributed by atoms with Crippen LogP contribution in [0.1, 0.15) is 11.8 Å². The molecule has 4 nitrogen and oxygen atoms in total. The predicted molar refractivity (Wildman–Crippen MR) is 96.1 cm³/mol. The molecular formula is C17H15BrFNO3S. The van der Waals surface area contributed by atoms with Crippen molar-refractivity contribution in [2.75, 3.05) is 12.0 Å². The van der Waals surface area contributed by atoms with Crippen molar-refractivity contribution < 1.29 is 17.9 Å². The lowest BCUT2D eigenvalue weighted by molar-refractivity contribution is 0.198. The van der Waals surface area contributed by atoms with Gasteiger partial charge < -0.3 is 10.1 Å². The van der Waals surface area contributed by atoms with Crippen molar-refractivity contribution >= 4 is 36.7 Å². The van der Waals surface area contributed by atoms with Crippen LogP contribution in [0.4, 0.5) is 4.39 Å². The normalized spacial score (nSPS) is 13.3. The van der Waals surface area contributed by atoms with Crippen LogP contribution >= 0.6 is 15.9 Å². The Morgan fingerprint density at radius 1 is 1.25 bits per heavy atom. The van der Waals surface area contributed by atoms with E-state index in [1.54, 1.807) is 6.07 Å². The highest BCUT2D eigenvalue weighted by Crippen LogP contribution is 2.37. The Morgan fingerprint density at radius 3 is 2.54 bits per heavy atom. The number of aromatic amines is 1. The topological polar surface area (TPSA) is 70.2 Å². The minimum absolute atomic E-state index is 0.301. The summed E-state index contributed by atoms with van der Waals surface area (Å²) in [6.45, 7) is 0. The van der Waals surface area contributed by atoms with Crippen LogP contribution < -0.4 is 0 Å². The van der Waals surface area contributed by atoms with Crippen LogP contribution in [0.2, 0.25) is 0 Å². The third kappa shape index (κ3) is 3.38. The number of H-pyrrole nitrogens is 1. The standard InChI is InChI=1S/C17H15BrFNO3S/c1-24(22,23)9-15(21)17-16(10-5-3-2-4-6-10)11-7-12(18)13(19)8-14(11)20-17/h2-8,15,20-21H,9H2,1H3. The van der Waals surface area contributed by atoms with E-state index in [1.807, 2.05) is 30.3 Å². The maximum absolute atomic E-state index is 13.8. The van der Waals surface area contributed by atoms with Gasteiger partial charge in [-0.15, -0.1) is 0 Å². The van der Waals surface area contributed by atoms with E-state index < -0.39 is 27.5 Å². The SMILES string of the molecule is CS(=O)(=O)CC(O)c1[nH]c2cc(F)c(Br)cc2c1-c1ccccc1. The molecular weight excluding hydrogens is 397 g/mol. The first-order valence-corrected chi connectivity index (χ1v) is 10.0. The summed E-state index contributed by atoms with van der Waals surface area (Å²) in [7, 11) is -3.38. The summed E-state index contributed by atoms with van der Waals surface area (Å²) in [5.41, 5.74) is 2.34. The number of sulfone groups is 1. The summed E-state index contributed by atoms with van der Waals surface area (Å²) in [5, 5.41) is 11.1. The largest absolute Gasteiger partial charge is 0.386 e. The van der Waals surface area contributed by atoms with Gasteiger partial charge in [-0.25, -0.2) is 12.8 Å². The van der Waals surface area contributed by atoms with Gasteiger partial charge in [-0.1, -0.05) is 30.3 Å². The van der Waals surface area contributed by atoms with Gasteiger partial charge >= 0.3 is 0 Å². The smallest absolute Gasteiger partial charge is 0.150 e. The van der Waals surface area contributed by atoms with E-state index in [9.17, 15) is 17.9 Å². The molecule has 0 spiro atoms. The molecule has 0 aliphatic heterocycles. The molecule has 2 aromatic carbocycles. The number of hydrogen-bond donors (Lipinski definition) is 2. The number of aromatic nitrogens is 1. The molecule has 0 aliphatic carbocycles. The highest BCUT2D eigenvalue weighted by Gasteiger charge is 2.23. The van der Waals surface area contributed by atoms with Gasteiger partial charge in [0.15, 0.2) is 0 Å². The van der Waals surface area contributed by atoms with E-state index in [2.05, 4.69) is 20.9 Å². The van der Waals surface area contributed by atoms with Crippen molar-refractivity contribution in [2.45, 2.75) is 6.10 Å². The average molecular weight is 412 g/mol. The number of aliphatic hydroxyl groups excluding tert-OH is 1. The van der Waals surface area contributed by atoms with E-state index in [0.717, 1.165) is 11.8 Å². The zero-order chi connectivity index (χ0) is 17.5. The van der Waals surface area contributed by atoms with Crippen LogP contribution in [0.15, 0.2) is 46.9 Å². The molecule has 1 atom stereocenters.